The molecule has 0 spiro atoms. The molecule has 1 aromatic carbocycles. The van der Waals surface area contributed by atoms with E-state index >= 15 is 0 Å². The summed E-state index contributed by atoms with van der Waals surface area (Å²) in [4.78, 5) is 14.8. The van der Waals surface area contributed by atoms with E-state index in [1.807, 2.05) is 36.2 Å². The van der Waals surface area contributed by atoms with E-state index in [1.165, 1.54) is 5.56 Å². The van der Waals surface area contributed by atoms with Gasteiger partial charge in [-0.15, -0.1) is 0 Å². The number of likely N-dealkylation sites (tertiary alicyclic amines) is 1. The van der Waals surface area contributed by atoms with E-state index in [0.29, 0.717) is 6.04 Å². The second-order valence-electron chi connectivity index (χ2n) is 5.86. The average Bonchev–Trinajstić information content (AvgIpc) is 2.94. The first kappa shape index (κ1) is 27.1. The Morgan fingerprint density at radius 3 is 2.11 bits per heavy atom. The number of amides is 1. The molecule has 1 aliphatic carbocycles. The number of nitrogens with zero attached hydrogens (tertiary/aromatic N) is 1. The van der Waals surface area contributed by atoms with E-state index in [9.17, 15) is 4.79 Å². The van der Waals surface area contributed by atoms with Crippen molar-refractivity contribution in [1.82, 2.24) is 4.90 Å². The van der Waals surface area contributed by atoms with Crippen molar-refractivity contribution in [3.05, 3.63) is 80.2 Å². The molecule has 0 saturated carbocycles. The predicted molar refractivity (Wildman–Crippen MR) is 93.0 cm³/mol. The van der Waals surface area contributed by atoms with Crippen LogP contribution in [0.15, 0.2) is 54.6 Å². The van der Waals surface area contributed by atoms with E-state index in [-0.39, 0.29) is 34.3 Å². The van der Waals surface area contributed by atoms with Gasteiger partial charge < -0.3 is 4.90 Å². The monoisotopic (exact) mass is 407 g/mol. The summed E-state index contributed by atoms with van der Waals surface area (Å²) in [6.07, 6.45) is 10.3. The maximum atomic E-state index is 12.9. The molecule has 3 rings (SSSR count). The largest absolute Gasteiger partial charge is 0 e. The first-order valence-corrected chi connectivity index (χ1v) is 7.97. The van der Waals surface area contributed by atoms with Gasteiger partial charge in [0.05, 0.1) is 5.41 Å². The van der Waals surface area contributed by atoms with Gasteiger partial charge in [-0.2, -0.15) is 0 Å². The summed E-state index contributed by atoms with van der Waals surface area (Å²) in [7, 11) is 1.95. The summed E-state index contributed by atoms with van der Waals surface area (Å²) in [6, 6.07) is 10.7. The maximum absolute atomic E-state index is 12.9. The van der Waals surface area contributed by atoms with E-state index in [2.05, 4.69) is 57.2 Å². The molecule has 1 fully saturated rings. The van der Waals surface area contributed by atoms with E-state index in [1.54, 1.807) is 0 Å². The van der Waals surface area contributed by atoms with Gasteiger partial charge >= 0.3 is 33.9 Å². The molecule has 27 heavy (non-hydrogen) atoms. The van der Waals surface area contributed by atoms with E-state index in [4.69, 9.17) is 14.0 Å². The zero-order valence-corrected chi connectivity index (χ0v) is 16.3. The third kappa shape index (κ3) is 5.69. The average molecular weight is 407 g/mol. The minimum atomic E-state index is -0.383. The molecule has 1 saturated heterocycles. The maximum Gasteiger partial charge on any atom is 0 e. The van der Waals surface area contributed by atoms with E-state index in [0.717, 1.165) is 12.8 Å². The summed E-state index contributed by atoms with van der Waals surface area (Å²) in [5.74, 6) is 0.550. The molecule has 1 aliphatic heterocycles. The molecule has 142 valence electrons. The van der Waals surface area contributed by atoms with Crippen molar-refractivity contribution in [3.63, 3.8) is 0 Å². The molecule has 0 bridgehead atoms. The van der Waals surface area contributed by atoms with Gasteiger partial charge in [-0.05, 0) is 18.4 Å². The minimum Gasteiger partial charge on any atom is 0 e. The van der Waals surface area contributed by atoms with Crippen LogP contribution in [0, 0.1) is 31.3 Å². The number of fused-ring (bicyclic) bond motifs is 1. The molecule has 0 unspecified atom stereocenters. The fourth-order valence-corrected chi connectivity index (χ4v) is 3.81. The number of rotatable bonds is 3. The Labute approximate surface area is 171 Å². The zero-order chi connectivity index (χ0) is 20.2. The molecule has 1 aromatic rings. The van der Waals surface area contributed by atoms with Crippen LogP contribution in [0.25, 0.3) is 0 Å². The second kappa shape index (κ2) is 14.0. The Morgan fingerprint density at radius 1 is 1.04 bits per heavy atom. The molecule has 0 N–H and O–H groups in total. The zero-order valence-electron chi connectivity index (χ0n) is 15.2. The third-order valence-electron chi connectivity index (χ3n) is 4.81. The van der Waals surface area contributed by atoms with Crippen LogP contribution in [0.4, 0.5) is 0 Å². The van der Waals surface area contributed by atoms with Gasteiger partial charge in [0, 0.05) is 36.1 Å². The van der Waals surface area contributed by atoms with Crippen LogP contribution in [-0.2, 0) is 42.2 Å². The molecule has 0 radical (unpaired) electrons. The Balaban J connectivity index is 0. The van der Waals surface area contributed by atoms with Crippen LogP contribution in [0.1, 0.15) is 18.9 Å². The molecule has 3 atom stereocenters. The normalized spacial score (nSPS) is 23.7. The van der Waals surface area contributed by atoms with Crippen molar-refractivity contribution >= 4 is 5.91 Å². The topological polar surface area (TPSA) is 80.0 Å². The first-order chi connectivity index (χ1) is 12.7. The fourth-order valence-electron chi connectivity index (χ4n) is 3.81. The van der Waals surface area contributed by atoms with Crippen molar-refractivity contribution in [2.24, 2.45) is 11.3 Å². The van der Waals surface area contributed by atoms with Gasteiger partial charge in [0.1, 0.15) is 0 Å². The van der Waals surface area contributed by atoms with Crippen LogP contribution in [0.5, 0.6) is 0 Å². The minimum absolute atomic E-state index is 0. The van der Waals surface area contributed by atoms with Crippen molar-refractivity contribution in [2.45, 2.75) is 25.8 Å². The van der Waals surface area contributed by atoms with Crippen molar-refractivity contribution < 1.29 is 35.8 Å². The predicted octanol–water partition coefficient (Wildman–Crippen LogP) is 3.09. The molecule has 5 nitrogen and oxygen atoms in total. The van der Waals surface area contributed by atoms with Gasteiger partial charge in [-0.3, -0.25) is 4.79 Å². The number of allylic oxidation sites excluding steroid dienone is 2. The third-order valence-corrected chi connectivity index (χ3v) is 4.81. The summed E-state index contributed by atoms with van der Waals surface area (Å²) in [5, 5.41) is 0. The van der Waals surface area contributed by atoms with Crippen LogP contribution in [0.3, 0.4) is 0 Å². The molecule has 0 aromatic heterocycles. The van der Waals surface area contributed by atoms with Crippen LogP contribution >= 0.6 is 0 Å². The molecule has 6 heteroatoms. The van der Waals surface area contributed by atoms with Gasteiger partial charge in [0.15, 0.2) is 0 Å². The number of benzene rings is 1. The molecular formula is C21H21FeNO4. The first-order valence-electron chi connectivity index (χ1n) is 7.97. The quantitative estimate of drug-likeness (QED) is 0.431. The number of carbonyl (C=O) groups is 1. The molecule has 2 aliphatic rings. The van der Waals surface area contributed by atoms with Crippen molar-refractivity contribution in [2.75, 3.05) is 7.05 Å². The molecular weight excluding hydrogens is 386 g/mol. The Bertz CT molecular complexity index is 679. The molecule has 1 heterocycles. The summed E-state index contributed by atoms with van der Waals surface area (Å²) >= 11 is 0. The molecule has 1 amide bonds. The second-order valence-corrected chi connectivity index (χ2v) is 5.86. The Kier molecular flexibility index (Phi) is 14.1. The van der Waals surface area contributed by atoms with Crippen molar-refractivity contribution in [1.29, 1.82) is 0 Å². The number of hydrogen-bond acceptors (Lipinski definition) is 1. The van der Waals surface area contributed by atoms with Crippen LogP contribution in [-0.4, -0.2) is 23.9 Å². The van der Waals surface area contributed by atoms with Gasteiger partial charge in [0.25, 0.3) is 0 Å². The van der Waals surface area contributed by atoms with Crippen LogP contribution < -0.4 is 0 Å². The Hall–Kier alpha value is -2.09. The van der Waals surface area contributed by atoms with Crippen LogP contribution in [0.2, 0.25) is 0 Å². The van der Waals surface area contributed by atoms with E-state index < -0.39 is 0 Å². The SMILES string of the molecule is CC[C@@H]1[C@@H]2C=CC=C[C@]2(Cc2ccccc2)C(=O)N1C.[C-]#[O+].[C-]#[O+].[C-]#[O+].[Fe]. The fraction of sp³-hybridized carbons (Fsp3) is 0.333. The van der Waals surface area contributed by atoms with Crippen molar-refractivity contribution in [3.8, 4) is 0 Å². The van der Waals surface area contributed by atoms with Gasteiger partial charge in [0.2, 0.25) is 5.91 Å². The summed E-state index contributed by atoms with van der Waals surface area (Å²) in [6.45, 7) is 15.7. The smallest absolute Gasteiger partial charge is 0 e. The number of carbonyl (C=O) groups excluding carboxylic acids is 1. The Morgan fingerprint density at radius 2 is 1.59 bits per heavy atom. The summed E-state index contributed by atoms with van der Waals surface area (Å²) in [5.41, 5.74) is 0.849. The standard InChI is InChI=1S/C18H21NO.3CO.Fe/c1-3-16-15-11-7-8-12-18(15,17(20)19(16)2)13-14-9-5-4-6-10-14;3*1-2;/h4-12,15-16H,3,13H2,1-2H3;;;;/t15-,16+,18+;;;;/m0..../s1. The van der Waals surface area contributed by atoms with Gasteiger partial charge in [-0.1, -0.05) is 61.6 Å². The summed E-state index contributed by atoms with van der Waals surface area (Å²) < 4.78 is 22.5. The number of hydrogen-bond donors (Lipinski definition) is 0. The van der Waals surface area contributed by atoms with Gasteiger partial charge in [-0.25, -0.2) is 0 Å².